The van der Waals surface area contributed by atoms with E-state index in [1.165, 1.54) is 0 Å². The van der Waals surface area contributed by atoms with Crippen molar-refractivity contribution in [1.82, 2.24) is 19.6 Å². The molecule has 0 atom stereocenters. The Labute approximate surface area is 109 Å². The summed E-state index contributed by atoms with van der Waals surface area (Å²) in [6, 6.07) is 5.75. The van der Waals surface area contributed by atoms with E-state index in [1.54, 1.807) is 12.4 Å². The molecule has 3 rings (SSSR count). The van der Waals surface area contributed by atoms with Crippen molar-refractivity contribution < 1.29 is 4.79 Å². The topological polar surface area (TPSA) is 75.1 Å². The number of fused-ring (bicyclic) bond motifs is 1. The van der Waals surface area contributed by atoms with Crippen LogP contribution in [-0.2, 0) is 0 Å². The monoisotopic (exact) mass is 255 g/mol. The van der Waals surface area contributed by atoms with Gasteiger partial charge in [0.05, 0.1) is 6.20 Å². The number of aryl methyl sites for hydroxylation is 2. The minimum Gasteiger partial charge on any atom is -0.305 e. The summed E-state index contributed by atoms with van der Waals surface area (Å²) in [5.74, 6) is 0.342. The Morgan fingerprint density at radius 3 is 2.89 bits per heavy atom. The van der Waals surface area contributed by atoms with Gasteiger partial charge in [0.1, 0.15) is 17.2 Å². The van der Waals surface area contributed by atoms with E-state index in [0.29, 0.717) is 11.5 Å². The van der Waals surface area contributed by atoms with Gasteiger partial charge in [-0.3, -0.25) is 9.89 Å². The minimum atomic E-state index is -0.254. The zero-order valence-corrected chi connectivity index (χ0v) is 10.6. The first-order valence-corrected chi connectivity index (χ1v) is 5.91. The van der Waals surface area contributed by atoms with E-state index in [9.17, 15) is 4.79 Å². The van der Waals surface area contributed by atoms with E-state index in [0.717, 1.165) is 16.9 Å². The molecular formula is C13H13N5O. The van der Waals surface area contributed by atoms with E-state index < -0.39 is 0 Å². The van der Waals surface area contributed by atoms with Crippen molar-refractivity contribution in [2.75, 3.05) is 5.32 Å². The molecule has 3 aromatic heterocycles. The molecule has 0 saturated heterocycles. The van der Waals surface area contributed by atoms with Crippen molar-refractivity contribution >= 4 is 17.4 Å². The molecular weight excluding hydrogens is 242 g/mol. The number of amides is 1. The number of H-pyrrole nitrogens is 1. The Bertz CT molecular complexity index is 755. The van der Waals surface area contributed by atoms with Gasteiger partial charge in [-0.25, -0.2) is 4.98 Å². The van der Waals surface area contributed by atoms with Crippen LogP contribution in [-0.4, -0.2) is 25.5 Å². The predicted molar refractivity (Wildman–Crippen MR) is 71.2 cm³/mol. The van der Waals surface area contributed by atoms with E-state index in [2.05, 4.69) is 20.5 Å². The number of hydrogen-bond donors (Lipinski definition) is 2. The number of nitrogens with zero attached hydrogens (tertiary/aromatic N) is 3. The molecule has 6 nitrogen and oxygen atoms in total. The second-order valence-electron chi connectivity index (χ2n) is 4.40. The van der Waals surface area contributed by atoms with E-state index in [1.807, 2.05) is 36.4 Å². The molecule has 0 fully saturated rings. The molecule has 0 spiro atoms. The van der Waals surface area contributed by atoms with Gasteiger partial charge in [-0.15, -0.1) is 0 Å². The van der Waals surface area contributed by atoms with Crippen molar-refractivity contribution in [3.05, 3.63) is 47.5 Å². The molecule has 0 aliphatic carbocycles. The summed E-state index contributed by atoms with van der Waals surface area (Å²) in [6.45, 7) is 3.84. The van der Waals surface area contributed by atoms with Gasteiger partial charge in [0, 0.05) is 17.5 Å². The fraction of sp³-hybridized carbons (Fsp3) is 0.154. The molecule has 3 aromatic rings. The molecule has 0 radical (unpaired) electrons. The number of anilines is 1. The van der Waals surface area contributed by atoms with Crippen LogP contribution < -0.4 is 5.32 Å². The maximum absolute atomic E-state index is 12.1. The van der Waals surface area contributed by atoms with Crippen LogP contribution in [0.1, 0.15) is 21.7 Å². The lowest BCUT2D eigenvalue weighted by Gasteiger charge is -2.00. The third kappa shape index (κ3) is 1.97. The first-order chi connectivity index (χ1) is 9.15. The van der Waals surface area contributed by atoms with Gasteiger partial charge in [-0.05, 0) is 26.0 Å². The van der Waals surface area contributed by atoms with Crippen LogP contribution in [0.4, 0.5) is 5.82 Å². The Hall–Kier alpha value is -2.63. The van der Waals surface area contributed by atoms with E-state index >= 15 is 0 Å². The summed E-state index contributed by atoms with van der Waals surface area (Å²) in [4.78, 5) is 16.4. The average molecular weight is 255 g/mol. The second kappa shape index (κ2) is 4.24. The Morgan fingerprint density at radius 1 is 1.37 bits per heavy atom. The van der Waals surface area contributed by atoms with Gasteiger partial charge < -0.3 is 9.72 Å². The third-order valence-electron chi connectivity index (χ3n) is 3.00. The Morgan fingerprint density at radius 2 is 2.21 bits per heavy atom. The zero-order valence-electron chi connectivity index (χ0n) is 10.6. The molecule has 0 saturated carbocycles. The summed E-state index contributed by atoms with van der Waals surface area (Å²) in [7, 11) is 0. The molecule has 6 heteroatoms. The van der Waals surface area contributed by atoms with Crippen molar-refractivity contribution in [3.63, 3.8) is 0 Å². The number of rotatable bonds is 2. The van der Waals surface area contributed by atoms with Gasteiger partial charge in [-0.2, -0.15) is 5.10 Å². The molecule has 1 amide bonds. The number of carbonyl (C=O) groups is 1. The Kier molecular flexibility index (Phi) is 2.56. The highest BCUT2D eigenvalue weighted by atomic mass is 16.2. The number of carbonyl (C=O) groups excluding carboxylic acids is 1. The molecule has 0 aliphatic rings. The molecule has 0 aromatic carbocycles. The van der Waals surface area contributed by atoms with Crippen molar-refractivity contribution in [2.24, 2.45) is 0 Å². The normalized spacial score (nSPS) is 10.8. The molecule has 0 aliphatic heterocycles. The summed E-state index contributed by atoms with van der Waals surface area (Å²) < 4.78 is 1.88. The molecule has 96 valence electrons. The molecule has 19 heavy (non-hydrogen) atoms. The number of hydrogen-bond acceptors (Lipinski definition) is 3. The van der Waals surface area contributed by atoms with Crippen molar-refractivity contribution in [1.29, 1.82) is 0 Å². The third-order valence-corrected chi connectivity index (χ3v) is 3.00. The zero-order chi connectivity index (χ0) is 13.4. The lowest BCUT2D eigenvalue weighted by atomic mass is 10.3. The van der Waals surface area contributed by atoms with E-state index in [-0.39, 0.29) is 5.91 Å². The minimum absolute atomic E-state index is 0.254. The number of aromatic amines is 1. The summed E-state index contributed by atoms with van der Waals surface area (Å²) in [5.41, 5.74) is 3.05. The lowest BCUT2D eigenvalue weighted by Crippen LogP contribution is -2.13. The predicted octanol–water partition coefficient (Wildman–Crippen LogP) is 1.93. The summed E-state index contributed by atoms with van der Waals surface area (Å²) >= 11 is 0. The SMILES string of the molecule is Cc1cn[nH]c1NC(=O)c1cn2c(C)cccc2n1. The van der Waals surface area contributed by atoms with Crippen LogP contribution in [0.5, 0.6) is 0 Å². The van der Waals surface area contributed by atoms with Crippen LogP contribution >= 0.6 is 0 Å². The van der Waals surface area contributed by atoms with Crippen LogP contribution in [0.2, 0.25) is 0 Å². The Balaban J connectivity index is 1.94. The number of pyridine rings is 1. The number of nitrogens with one attached hydrogen (secondary N) is 2. The van der Waals surface area contributed by atoms with Crippen LogP contribution in [0.25, 0.3) is 5.65 Å². The first kappa shape index (κ1) is 11.5. The van der Waals surface area contributed by atoms with Crippen molar-refractivity contribution in [3.8, 4) is 0 Å². The van der Waals surface area contributed by atoms with Crippen LogP contribution in [0, 0.1) is 13.8 Å². The maximum atomic E-state index is 12.1. The largest absolute Gasteiger partial charge is 0.305 e. The fourth-order valence-electron chi connectivity index (χ4n) is 1.91. The molecule has 2 N–H and O–H groups in total. The fourth-order valence-corrected chi connectivity index (χ4v) is 1.91. The van der Waals surface area contributed by atoms with Crippen molar-refractivity contribution in [2.45, 2.75) is 13.8 Å². The quantitative estimate of drug-likeness (QED) is 0.734. The molecule has 0 bridgehead atoms. The van der Waals surface area contributed by atoms with Gasteiger partial charge in [-0.1, -0.05) is 6.07 Å². The summed E-state index contributed by atoms with van der Waals surface area (Å²) in [5, 5.41) is 9.35. The van der Waals surface area contributed by atoms with E-state index in [4.69, 9.17) is 0 Å². The number of imidazole rings is 1. The van der Waals surface area contributed by atoms with Gasteiger partial charge in [0.25, 0.3) is 5.91 Å². The maximum Gasteiger partial charge on any atom is 0.277 e. The van der Waals surface area contributed by atoms with Gasteiger partial charge >= 0.3 is 0 Å². The van der Waals surface area contributed by atoms with Gasteiger partial charge in [0.2, 0.25) is 0 Å². The van der Waals surface area contributed by atoms with Gasteiger partial charge in [0.15, 0.2) is 0 Å². The average Bonchev–Trinajstić information content (AvgIpc) is 2.97. The molecule has 0 unspecified atom stereocenters. The second-order valence-corrected chi connectivity index (χ2v) is 4.40. The summed E-state index contributed by atoms with van der Waals surface area (Å²) in [6.07, 6.45) is 3.38. The lowest BCUT2D eigenvalue weighted by molar-refractivity contribution is 0.102. The standard InChI is InChI=1S/C13H13N5O/c1-8-6-14-17-12(8)16-13(19)10-7-18-9(2)4-3-5-11(18)15-10/h3-7H,1-2H3,(H2,14,16,17,19). The smallest absolute Gasteiger partial charge is 0.277 e. The number of aromatic nitrogens is 4. The van der Waals surface area contributed by atoms with Crippen LogP contribution in [0.3, 0.4) is 0 Å². The highest BCUT2D eigenvalue weighted by Gasteiger charge is 2.13. The highest BCUT2D eigenvalue weighted by Crippen LogP contribution is 2.12. The molecule has 3 heterocycles. The first-order valence-electron chi connectivity index (χ1n) is 5.91. The van der Waals surface area contributed by atoms with Crippen LogP contribution in [0.15, 0.2) is 30.6 Å². The highest BCUT2D eigenvalue weighted by molar-refractivity contribution is 6.03.